The first kappa shape index (κ1) is 14.2. The van der Waals surface area contributed by atoms with Crippen LogP contribution in [0.5, 0.6) is 5.75 Å². The van der Waals surface area contributed by atoms with E-state index in [0.29, 0.717) is 12.1 Å². The van der Waals surface area contributed by atoms with Crippen molar-refractivity contribution in [2.24, 2.45) is 0 Å². The first-order valence-electron chi connectivity index (χ1n) is 7.56. The zero-order valence-corrected chi connectivity index (χ0v) is 12.5. The zero-order chi connectivity index (χ0) is 14.8. The summed E-state index contributed by atoms with van der Waals surface area (Å²) in [7, 11) is 1.78. The Labute approximate surface area is 125 Å². The molecule has 1 saturated carbocycles. The van der Waals surface area contributed by atoms with Gasteiger partial charge in [-0.05, 0) is 50.8 Å². The number of benzene rings is 1. The normalized spacial score (nSPS) is 28.3. The summed E-state index contributed by atoms with van der Waals surface area (Å²) < 4.78 is 11.0. The highest BCUT2D eigenvalue weighted by molar-refractivity contribution is 5.98. The maximum Gasteiger partial charge on any atom is 0.265 e. The van der Waals surface area contributed by atoms with Gasteiger partial charge in [-0.15, -0.1) is 0 Å². The first-order valence-corrected chi connectivity index (χ1v) is 7.56. The number of anilines is 2. The number of nitrogens with one attached hydrogen (secondary N) is 2. The largest absolute Gasteiger partial charge is 0.479 e. The average Bonchev–Trinajstić information content (AvgIpc) is 2.49. The van der Waals surface area contributed by atoms with E-state index >= 15 is 0 Å². The SMILES string of the molecule is COC1CCC(Nc2ccc3c(c2)NC(=O)C(C)O3)CC1. The van der Waals surface area contributed by atoms with Crippen LogP contribution in [0.3, 0.4) is 0 Å². The van der Waals surface area contributed by atoms with Crippen molar-refractivity contribution in [2.45, 2.75) is 50.9 Å². The van der Waals surface area contributed by atoms with Gasteiger partial charge in [-0.1, -0.05) is 0 Å². The Kier molecular flexibility index (Phi) is 4.01. The molecule has 5 heteroatoms. The van der Waals surface area contributed by atoms with Gasteiger partial charge in [0.15, 0.2) is 6.10 Å². The van der Waals surface area contributed by atoms with Gasteiger partial charge in [-0.3, -0.25) is 4.79 Å². The van der Waals surface area contributed by atoms with Crippen molar-refractivity contribution in [2.75, 3.05) is 17.7 Å². The molecule has 1 unspecified atom stereocenters. The number of hydrogen-bond acceptors (Lipinski definition) is 4. The van der Waals surface area contributed by atoms with Crippen molar-refractivity contribution in [1.82, 2.24) is 0 Å². The van der Waals surface area contributed by atoms with E-state index in [1.54, 1.807) is 14.0 Å². The van der Waals surface area contributed by atoms with E-state index in [-0.39, 0.29) is 5.91 Å². The molecule has 2 N–H and O–H groups in total. The number of ether oxygens (including phenoxy) is 2. The van der Waals surface area contributed by atoms with Crippen molar-refractivity contribution >= 4 is 17.3 Å². The van der Waals surface area contributed by atoms with E-state index in [0.717, 1.165) is 42.8 Å². The molecule has 0 spiro atoms. The summed E-state index contributed by atoms with van der Waals surface area (Å²) in [6, 6.07) is 6.33. The molecule has 1 heterocycles. The summed E-state index contributed by atoms with van der Waals surface area (Å²) in [4.78, 5) is 11.7. The summed E-state index contributed by atoms with van der Waals surface area (Å²) in [5.41, 5.74) is 1.77. The number of hydrogen-bond donors (Lipinski definition) is 2. The molecule has 1 atom stereocenters. The molecule has 1 aliphatic carbocycles. The van der Waals surface area contributed by atoms with E-state index < -0.39 is 6.10 Å². The molecule has 21 heavy (non-hydrogen) atoms. The lowest BCUT2D eigenvalue weighted by Gasteiger charge is -2.29. The molecule has 0 aromatic heterocycles. The van der Waals surface area contributed by atoms with Gasteiger partial charge in [0.1, 0.15) is 5.75 Å². The average molecular weight is 290 g/mol. The van der Waals surface area contributed by atoms with Gasteiger partial charge in [0.05, 0.1) is 11.8 Å². The number of carbonyl (C=O) groups excluding carboxylic acids is 1. The number of fused-ring (bicyclic) bond motifs is 1. The predicted molar refractivity (Wildman–Crippen MR) is 81.8 cm³/mol. The van der Waals surface area contributed by atoms with Crippen LogP contribution in [-0.4, -0.2) is 31.3 Å². The van der Waals surface area contributed by atoms with Crippen molar-refractivity contribution < 1.29 is 14.3 Å². The highest BCUT2D eigenvalue weighted by atomic mass is 16.5. The molecule has 1 amide bonds. The van der Waals surface area contributed by atoms with E-state index in [1.165, 1.54) is 0 Å². The van der Waals surface area contributed by atoms with Gasteiger partial charge < -0.3 is 20.1 Å². The topological polar surface area (TPSA) is 59.6 Å². The Morgan fingerprint density at radius 1 is 1.29 bits per heavy atom. The molecule has 114 valence electrons. The lowest BCUT2D eigenvalue weighted by atomic mass is 9.93. The fourth-order valence-corrected chi connectivity index (χ4v) is 2.98. The fourth-order valence-electron chi connectivity index (χ4n) is 2.98. The molecule has 0 saturated heterocycles. The fraction of sp³-hybridized carbons (Fsp3) is 0.562. The van der Waals surface area contributed by atoms with Crippen molar-refractivity contribution in [3.05, 3.63) is 18.2 Å². The second-order valence-corrected chi connectivity index (χ2v) is 5.81. The van der Waals surface area contributed by atoms with Crippen LogP contribution in [0.15, 0.2) is 18.2 Å². The third kappa shape index (κ3) is 3.13. The molecule has 0 bridgehead atoms. The second-order valence-electron chi connectivity index (χ2n) is 5.81. The number of rotatable bonds is 3. The smallest absolute Gasteiger partial charge is 0.265 e. The third-order valence-electron chi connectivity index (χ3n) is 4.29. The van der Waals surface area contributed by atoms with Crippen LogP contribution < -0.4 is 15.4 Å². The predicted octanol–water partition coefficient (Wildman–Crippen LogP) is 2.78. The molecule has 1 aromatic carbocycles. The van der Waals surface area contributed by atoms with Crippen molar-refractivity contribution in [1.29, 1.82) is 0 Å². The second kappa shape index (κ2) is 5.93. The summed E-state index contributed by atoms with van der Waals surface area (Å²) in [6.07, 6.45) is 4.37. The molecular formula is C16H22N2O3. The molecule has 1 aromatic rings. The maximum absolute atomic E-state index is 11.7. The highest BCUT2D eigenvalue weighted by Crippen LogP contribution is 2.33. The van der Waals surface area contributed by atoms with E-state index in [1.807, 2.05) is 18.2 Å². The molecule has 3 rings (SSSR count). The van der Waals surface area contributed by atoms with Crippen LogP contribution in [0, 0.1) is 0 Å². The summed E-state index contributed by atoms with van der Waals surface area (Å²) in [6.45, 7) is 1.75. The minimum Gasteiger partial charge on any atom is -0.479 e. The Bertz CT molecular complexity index is 524. The Morgan fingerprint density at radius 3 is 2.76 bits per heavy atom. The Hall–Kier alpha value is -1.75. The van der Waals surface area contributed by atoms with E-state index in [2.05, 4.69) is 10.6 Å². The zero-order valence-electron chi connectivity index (χ0n) is 12.5. The van der Waals surface area contributed by atoms with Crippen LogP contribution in [-0.2, 0) is 9.53 Å². The number of methoxy groups -OCH3 is 1. The van der Waals surface area contributed by atoms with Crippen molar-refractivity contribution in [3.63, 3.8) is 0 Å². The van der Waals surface area contributed by atoms with Gasteiger partial charge in [0.2, 0.25) is 0 Å². The highest BCUT2D eigenvalue weighted by Gasteiger charge is 2.24. The van der Waals surface area contributed by atoms with Crippen LogP contribution in [0.25, 0.3) is 0 Å². The Balaban J connectivity index is 1.65. The molecule has 5 nitrogen and oxygen atoms in total. The summed E-state index contributed by atoms with van der Waals surface area (Å²) in [5.74, 6) is 0.635. The monoisotopic (exact) mass is 290 g/mol. The summed E-state index contributed by atoms with van der Waals surface area (Å²) in [5, 5.41) is 6.42. The lowest BCUT2D eigenvalue weighted by Crippen LogP contribution is -2.34. The van der Waals surface area contributed by atoms with Crippen LogP contribution in [0.1, 0.15) is 32.6 Å². The van der Waals surface area contributed by atoms with Crippen LogP contribution >= 0.6 is 0 Å². The molecule has 0 radical (unpaired) electrons. The van der Waals surface area contributed by atoms with E-state index in [9.17, 15) is 4.79 Å². The van der Waals surface area contributed by atoms with Gasteiger partial charge in [0, 0.05) is 18.8 Å². The molecule has 1 fully saturated rings. The standard InChI is InChI=1S/C16H22N2O3/c1-10-16(19)18-14-9-12(5-8-15(14)21-10)17-11-3-6-13(20-2)7-4-11/h5,8-11,13,17H,3-4,6-7H2,1-2H3,(H,18,19). The van der Waals surface area contributed by atoms with Gasteiger partial charge >= 0.3 is 0 Å². The Morgan fingerprint density at radius 2 is 2.05 bits per heavy atom. The summed E-state index contributed by atoms with van der Waals surface area (Å²) >= 11 is 0. The maximum atomic E-state index is 11.7. The minimum absolute atomic E-state index is 0.0970. The van der Waals surface area contributed by atoms with Gasteiger partial charge in [-0.25, -0.2) is 0 Å². The number of amides is 1. The van der Waals surface area contributed by atoms with Crippen LogP contribution in [0.2, 0.25) is 0 Å². The van der Waals surface area contributed by atoms with Gasteiger partial charge in [-0.2, -0.15) is 0 Å². The number of carbonyl (C=O) groups is 1. The molecular weight excluding hydrogens is 268 g/mol. The molecule has 2 aliphatic rings. The van der Waals surface area contributed by atoms with E-state index in [4.69, 9.17) is 9.47 Å². The van der Waals surface area contributed by atoms with Crippen LogP contribution in [0.4, 0.5) is 11.4 Å². The minimum atomic E-state index is -0.430. The third-order valence-corrected chi connectivity index (χ3v) is 4.29. The molecule has 1 aliphatic heterocycles. The van der Waals surface area contributed by atoms with Gasteiger partial charge in [0.25, 0.3) is 5.91 Å². The first-order chi connectivity index (χ1) is 10.2. The quantitative estimate of drug-likeness (QED) is 0.898. The van der Waals surface area contributed by atoms with Crippen molar-refractivity contribution in [3.8, 4) is 5.75 Å². The lowest BCUT2D eigenvalue weighted by molar-refractivity contribution is -0.122.